The molecule has 1 heterocycles. The Hall–Kier alpha value is -1.58. The third-order valence-corrected chi connectivity index (χ3v) is 3.76. The molecule has 4 heteroatoms. The van der Waals surface area contributed by atoms with Crippen molar-refractivity contribution in [1.82, 2.24) is 9.88 Å². The van der Waals surface area contributed by atoms with Crippen molar-refractivity contribution in [2.24, 2.45) is 0 Å². The maximum absolute atomic E-state index is 12.5. The van der Waals surface area contributed by atoms with E-state index < -0.39 is 0 Å². The summed E-state index contributed by atoms with van der Waals surface area (Å²) < 4.78 is 1.78. The summed E-state index contributed by atoms with van der Waals surface area (Å²) in [6.45, 7) is 7.72. The molecule has 1 aromatic heterocycles. The molecule has 2 rings (SSSR count). The van der Waals surface area contributed by atoms with Crippen LogP contribution in [0.5, 0.6) is 0 Å². The molecule has 1 atom stereocenters. The molecule has 1 fully saturated rings. The minimum atomic E-state index is -0.244. The zero-order valence-corrected chi connectivity index (χ0v) is 12.1. The number of aryl methyl sites for hydroxylation is 2. The average Bonchev–Trinajstić information content (AvgIpc) is 3.12. The number of nitrogens with one attached hydrogen (secondary N) is 1. The van der Waals surface area contributed by atoms with Gasteiger partial charge in [-0.25, -0.2) is 0 Å². The molecule has 0 spiro atoms. The minimum absolute atomic E-state index is 0.0852. The fraction of sp³-hybridized carbons (Fsp3) is 0.600. The summed E-state index contributed by atoms with van der Waals surface area (Å²) in [5.74, 6) is -0.244. The van der Waals surface area contributed by atoms with E-state index in [0.29, 0.717) is 11.6 Å². The van der Waals surface area contributed by atoms with Gasteiger partial charge in [-0.2, -0.15) is 0 Å². The van der Waals surface area contributed by atoms with E-state index in [0.717, 1.165) is 30.5 Å². The van der Waals surface area contributed by atoms with E-state index in [-0.39, 0.29) is 17.5 Å². The van der Waals surface area contributed by atoms with Gasteiger partial charge >= 0.3 is 0 Å². The molecule has 1 unspecified atom stereocenters. The first-order chi connectivity index (χ1) is 8.95. The first kappa shape index (κ1) is 13.8. The number of aromatic nitrogens is 1. The molecule has 1 aromatic rings. The molecule has 0 aromatic carbocycles. The van der Waals surface area contributed by atoms with Gasteiger partial charge in [-0.3, -0.25) is 9.59 Å². The molecule has 0 saturated heterocycles. The molecule has 0 aliphatic heterocycles. The predicted octanol–water partition coefficient (Wildman–Crippen LogP) is 2.33. The molecule has 4 nitrogen and oxygen atoms in total. The molecule has 19 heavy (non-hydrogen) atoms. The zero-order chi connectivity index (χ0) is 14.2. The number of rotatable bonds is 4. The standard InChI is InChI=1S/C15H22N2O2/c1-5-10(3)16-14(18)13-9(2)8-11(4)17(15(13)19)12-6-7-12/h8,10,12H,5-7H2,1-4H3,(H,16,18). The van der Waals surface area contributed by atoms with E-state index in [2.05, 4.69) is 5.32 Å². The summed E-state index contributed by atoms with van der Waals surface area (Å²) in [6.07, 6.45) is 2.93. The number of amides is 1. The van der Waals surface area contributed by atoms with Crippen molar-refractivity contribution in [3.8, 4) is 0 Å². The number of hydrogen-bond acceptors (Lipinski definition) is 2. The Labute approximate surface area is 113 Å². The van der Waals surface area contributed by atoms with Gasteiger partial charge in [0.25, 0.3) is 11.5 Å². The highest BCUT2D eigenvalue weighted by atomic mass is 16.2. The molecule has 104 valence electrons. The Kier molecular flexibility index (Phi) is 3.78. The second-order valence-corrected chi connectivity index (χ2v) is 5.53. The lowest BCUT2D eigenvalue weighted by Crippen LogP contribution is -2.38. The average molecular weight is 262 g/mol. The van der Waals surface area contributed by atoms with Crippen molar-refractivity contribution in [2.75, 3.05) is 0 Å². The summed E-state index contributed by atoms with van der Waals surface area (Å²) in [5.41, 5.74) is 1.88. The Bertz CT molecular complexity index is 556. The first-order valence-corrected chi connectivity index (χ1v) is 6.99. The van der Waals surface area contributed by atoms with E-state index in [4.69, 9.17) is 0 Å². The van der Waals surface area contributed by atoms with Crippen molar-refractivity contribution in [1.29, 1.82) is 0 Å². The van der Waals surface area contributed by atoms with Crippen LogP contribution in [0.15, 0.2) is 10.9 Å². The Balaban J connectivity index is 2.42. The van der Waals surface area contributed by atoms with Crippen molar-refractivity contribution < 1.29 is 4.79 Å². The lowest BCUT2D eigenvalue weighted by molar-refractivity contribution is 0.0936. The predicted molar refractivity (Wildman–Crippen MR) is 75.7 cm³/mol. The number of carbonyl (C=O) groups excluding carboxylic acids is 1. The van der Waals surface area contributed by atoms with Crippen molar-refractivity contribution in [3.05, 3.63) is 33.2 Å². The van der Waals surface area contributed by atoms with E-state index in [1.807, 2.05) is 33.8 Å². The summed E-state index contributed by atoms with van der Waals surface area (Å²) in [4.78, 5) is 24.7. The number of pyridine rings is 1. The largest absolute Gasteiger partial charge is 0.349 e. The van der Waals surface area contributed by atoms with E-state index >= 15 is 0 Å². The first-order valence-electron chi connectivity index (χ1n) is 6.99. The van der Waals surface area contributed by atoms with Gasteiger partial charge in [-0.15, -0.1) is 0 Å². The molecule has 0 radical (unpaired) electrons. The van der Waals surface area contributed by atoms with Crippen LogP contribution in [-0.4, -0.2) is 16.5 Å². The second kappa shape index (κ2) is 5.19. The fourth-order valence-electron chi connectivity index (χ4n) is 2.37. The highest BCUT2D eigenvalue weighted by molar-refractivity contribution is 5.95. The minimum Gasteiger partial charge on any atom is -0.349 e. The topological polar surface area (TPSA) is 51.1 Å². The highest BCUT2D eigenvalue weighted by Gasteiger charge is 2.28. The van der Waals surface area contributed by atoms with Crippen LogP contribution in [0.3, 0.4) is 0 Å². The third kappa shape index (κ3) is 2.72. The maximum Gasteiger partial charge on any atom is 0.264 e. The van der Waals surface area contributed by atoms with E-state index in [1.54, 1.807) is 4.57 Å². The molecule has 1 aliphatic carbocycles. The SMILES string of the molecule is CCC(C)NC(=O)c1c(C)cc(C)n(C2CC2)c1=O. The van der Waals surface area contributed by atoms with Crippen LogP contribution < -0.4 is 10.9 Å². The van der Waals surface area contributed by atoms with Gasteiger partial charge in [0.2, 0.25) is 0 Å². The number of nitrogens with zero attached hydrogens (tertiary/aromatic N) is 1. The zero-order valence-electron chi connectivity index (χ0n) is 12.1. The van der Waals surface area contributed by atoms with Crippen LogP contribution in [0.1, 0.15) is 60.8 Å². The Morgan fingerprint density at radius 1 is 1.47 bits per heavy atom. The van der Waals surface area contributed by atoms with Gasteiger partial charge in [0.05, 0.1) is 0 Å². The normalized spacial score (nSPS) is 16.2. The quantitative estimate of drug-likeness (QED) is 0.905. The number of hydrogen-bond donors (Lipinski definition) is 1. The number of carbonyl (C=O) groups is 1. The van der Waals surface area contributed by atoms with Gasteiger partial charge in [-0.1, -0.05) is 6.92 Å². The van der Waals surface area contributed by atoms with Crippen LogP contribution in [0, 0.1) is 13.8 Å². The second-order valence-electron chi connectivity index (χ2n) is 5.53. The monoisotopic (exact) mass is 262 g/mol. The molecule has 1 N–H and O–H groups in total. The van der Waals surface area contributed by atoms with Crippen LogP contribution >= 0.6 is 0 Å². The molecular formula is C15H22N2O2. The van der Waals surface area contributed by atoms with Gasteiger partial charge < -0.3 is 9.88 Å². The van der Waals surface area contributed by atoms with Crippen LogP contribution in [0.2, 0.25) is 0 Å². The van der Waals surface area contributed by atoms with Crippen LogP contribution in [0.4, 0.5) is 0 Å². The van der Waals surface area contributed by atoms with Gasteiger partial charge in [0, 0.05) is 17.8 Å². The summed E-state index contributed by atoms with van der Waals surface area (Å²) >= 11 is 0. The molecular weight excluding hydrogens is 240 g/mol. The molecule has 1 amide bonds. The van der Waals surface area contributed by atoms with Crippen molar-refractivity contribution in [3.63, 3.8) is 0 Å². The van der Waals surface area contributed by atoms with Gasteiger partial charge in [-0.05, 0) is 51.7 Å². The van der Waals surface area contributed by atoms with Gasteiger partial charge in [0.1, 0.15) is 5.56 Å². The summed E-state index contributed by atoms with van der Waals surface area (Å²) in [5, 5.41) is 2.88. The Morgan fingerprint density at radius 2 is 2.11 bits per heavy atom. The fourth-order valence-corrected chi connectivity index (χ4v) is 2.37. The smallest absolute Gasteiger partial charge is 0.264 e. The molecule has 1 saturated carbocycles. The van der Waals surface area contributed by atoms with E-state index in [1.165, 1.54) is 0 Å². The van der Waals surface area contributed by atoms with Gasteiger partial charge in [0.15, 0.2) is 0 Å². The van der Waals surface area contributed by atoms with Crippen molar-refractivity contribution >= 4 is 5.91 Å². The molecule has 0 bridgehead atoms. The summed E-state index contributed by atoms with van der Waals surface area (Å²) in [7, 11) is 0. The highest BCUT2D eigenvalue weighted by Crippen LogP contribution is 2.34. The lowest BCUT2D eigenvalue weighted by atomic mass is 10.1. The Morgan fingerprint density at radius 3 is 2.63 bits per heavy atom. The summed E-state index contributed by atoms with van der Waals surface area (Å²) in [6, 6.07) is 2.32. The third-order valence-electron chi connectivity index (χ3n) is 3.76. The lowest BCUT2D eigenvalue weighted by Gasteiger charge is -2.16. The van der Waals surface area contributed by atoms with Crippen LogP contribution in [0.25, 0.3) is 0 Å². The molecule has 1 aliphatic rings. The maximum atomic E-state index is 12.5. The van der Waals surface area contributed by atoms with Crippen LogP contribution in [-0.2, 0) is 0 Å². The van der Waals surface area contributed by atoms with E-state index in [9.17, 15) is 9.59 Å². The van der Waals surface area contributed by atoms with Crippen molar-refractivity contribution in [2.45, 2.75) is 59.0 Å².